The van der Waals surface area contributed by atoms with Gasteiger partial charge in [0.25, 0.3) is 0 Å². The van der Waals surface area contributed by atoms with Crippen LogP contribution in [0, 0.1) is 5.92 Å². The van der Waals surface area contributed by atoms with Crippen molar-refractivity contribution in [3.05, 3.63) is 23.3 Å². The highest BCUT2D eigenvalue weighted by molar-refractivity contribution is 6.31. The summed E-state index contributed by atoms with van der Waals surface area (Å²) in [5, 5.41) is 4.27. The third-order valence-electron chi connectivity index (χ3n) is 2.79. The molecule has 1 N–H and O–H groups in total. The lowest BCUT2D eigenvalue weighted by Crippen LogP contribution is -2.47. The molecule has 0 radical (unpaired) electrons. The molecule has 1 heterocycles. The van der Waals surface area contributed by atoms with Crippen LogP contribution in [0.2, 0.25) is 0 Å². The van der Waals surface area contributed by atoms with Crippen LogP contribution in [0.25, 0.3) is 0 Å². The summed E-state index contributed by atoms with van der Waals surface area (Å²) in [7, 11) is 0. The maximum atomic E-state index is 5.86. The van der Waals surface area contributed by atoms with E-state index >= 15 is 0 Å². The Morgan fingerprint density at radius 1 is 1.57 bits per heavy atom. The van der Waals surface area contributed by atoms with Crippen LogP contribution >= 0.6 is 11.6 Å². The van der Waals surface area contributed by atoms with Gasteiger partial charge in [-0.2, -0.15) is 0 Å². The Kier molecular flexibility index (Phi) is 3.26. The van der Waals surface area contributed by atoms with Crippen LogP contribution in [0.5, 0.6) is 0 Å². The van der Waals surface area contributed by atoms with Crippen molar-refractivity contribution in [2.75, 3.05) is 13.2 Å². The first-order chi connectivity index (χ1) is 6.75. The van der Waals surface area contributed by atoms with Crippen LogP contribution in [0.15, 0.2) is 23.3 Å². The van der Waals surface area contributed by atoms with Gasteiger partial charge < -0.3 is 10.1 Å². The molecule has 1 saturated heterocycles. The summed E-state index contributed by atoms with van der Waals surface area (Å²) in [4.78, 5) is 0. The fourth-order valence-electron chi connectivity index (χ4n) is 1.86. The van der Waals surface area contributed by atoms with Gasteiger partial charge in [-0.25, -0.2) is 0 Å². The number of ether oxygens (including phenoxy) is 1. The van der Waals surface area contributed by atoms with Crippen LogP contribution in [-0.4, -0.2) is 25.3 Å². The average molecular weight is 214 g/mol. The lowest BCUT2D eigenvalue weighted by atomic mass is 9.93. The summed E-state index contributed by atoms with van der Waals surface area (Å²) < 4.78 is 5.78. The molecule has 2 nitrogen and oxygen atoms in total. The SMILES string of the molecule is C[C@@H]1CO[C@@H](C2C=CC(Cl)=CC2)CN1. The highest BCUT2D eigenvalue weighted by Gasteiger charge is 2.25. The van der Waals surface area contributed by atoms with E-state index in [1.165, 1.54) is 0 Å². The lowest BCUT2D eigenvalue weighted by molar-refractivity contribution is -0.0145. The van der Waals surface area contributed by atoms with E-state index in [1.807, 2.05) is 6.08 Å². The number of nitrogens with one attached hydrogen (secondary N) is 1. The summed E-state index contributed by atoms with van der Waals surface area (Å²) in [5.41, 5.74) is 0. The van der Waals surface area contributed by atoms with Gasteiger partial charge in [0.2, 0.25) is 0 Å². The third kappa shape index (κ3) is 2.38. The van der Waals surface area contributed by atoms with Crippen molar-refractivity contribution in [1.82, 2.24) is 5.32 Å². The van der Waals surface area contributed by atoms with Crippen molar-refractivity contribution in [1.29, 1.82) is 0 Å². The molecule has 0 aromatic rings. The molecule has 14 heavy (non-hydrogen) atoms. The van der Waals surface area contributed by atoms with E-state index in [-0.39, 0.29) is 0 Å². The van der Waals surface area contributed by atoms with E-state index in [2.05, 4.69) is 24.4 Å². The molecule has 3 heteroatoms. The van der Waals surface area contributed by atoms with Crippen molar-refractivity contribution in [2.24, 2.45) is 5.92 Å². The Bertz CT molecular complexity index is 254. The molecule has 3 atom stereocenters. The topological polar surface area (TPSA) is 21.3 Å². The minimum Gasteiger partial charge on any atom is -0.375 e. The first-order valence-corrected chi connectivity index (χ1v) is 5.52. The predicted octanol–water partition coefficient (Wildman–Crippen LogP) is 2.06. The maximum Gasteiger partial charge on any atom is 0.0765 e. The van der Waals surface area contributed by atoms with E-state index in [4.69, 9.17) is 16.3 Å². The minimum atomic E-state index is 0.309. The molecule has 0 amide bonds. The standard InChI is InChI=1S/C11H16ClNO/c1-8-7-14-11(6-13-8)9-2-4-10(12)5-3-9/h2,4-5,8-9,11,13H,3,6-7H2,1H3/t8-,9?,11-/m1/s1. The Morgan fingerprint density at radius 3 is 3.00 bits per heavy atom. The van der Waals surface area contributed by atoms with Gasteiger partial charge in [0.15, 0.2) is 0 Å². The second-order valence-corrected chi connectivity index (χ2v) is 4.47. The van der Waals surface area contributed by atoms with Crippen molar-refractivity contribution in [3.63, 3.8) is 0 Å². The van der Waals surface area contributed by atoms with Crippen molar-refractivity contribution < 1.29 is 4.74 Å². The summed E-state index contributed by atoms with van der Waals surface area (Å²) in [6.07, 6.45) is 7.49. The Morgan fingerprint density at radius 2 is 2.43 bits per heavy atom. The van der Waals surface area contributed by atoms with E-state index in [0.717, 1.165) is 24.6 Å². The number of rotatable bonds is 1. The summed E-state index contributed by atoms with van der Waals surface area (Å²) in [6.45, 7) is 3.90. The molecule has 2 rings (SSSR count). The van der Waals surface area contributed by atoms with Gasteiger partial charge in [-0.05, 0) is 19.4 Å². The fourth-order valence-corrected chi connectivity index (χ4v) is 2.03. The van der Waals surface area contributed by atoms with Crippen LogP contribution in [0.3, 0.4) is 0 Å². The van der Waals surface area contributed by atoms with Gasteiger partial charge in [0, 0.05) is 23.5 Å². The van der Waals surface area contributed by atoms with E-state index in [0.29, 0.717) is 18.1 Å². The largest absolute Gasteiger partial charge is 0.375 e. The number of allylic oxidation sites excluding steroid dienone is 3. The molecule has 0 aromatic carbocycles. The first-order valence-electron chi connectivity index (χ1n) is 5.14. The van der Waals surface area contributed by atoms with Crippen molar-refractivity contribution in [3.8, 4) is 0 Å². The van der Waals surface area contributed by atoms with Gasteiger partial charge in [-0.15, -0.1) is 0 Å². The quantitative estimate of drug-likeness (QED) is 0.720. The molecule has 1 aliphatic carbocycles. The van der Waals surface area contributed by atoms with Gasteiger partial charge in [-0.3, -0.25) is 0 Å². The van der Waals surface area contributed by atoms with Gasteiger partial charge >= 0.3 is 0 Å². The predicted molar refractivity (Wildman–Crippen MR) is 58.4 cm³/mol. The molecule has 0 spiro atoms. The monoisotopic (exact) mass is 213 g/mol. The second kappa shape index (κ2) is 4.47. The van der Waals surface area contributed by atoms with E-state index in [9.17, 15) is 0 Å². The maximum absolute atomic E-state index is 5.86. The Hall–Kier alpha value is -0.310. The fraction of sp³-hybridized carbons (Fsp3) is 0.636. The first kappa shape index (κ1) is 10.2. The van der Waals surface area contributed by atoms with Crippen LogP contribution < -0.4 is 5.32 Å². The Balaban J connectivity index is 1.88. The highest BCUT2D eigenvalue weighted by atomic mass is 35.5. The highest BCUT2D eigenvalue weighted by Crippen LogP contribution is 2.24. The number of hydrogen-bond donors (Lipinski definition) is 1. The lowest BCUT2D eigenvalue weighted by Gasteiger charge is -2.33. The zero-order valence-corrected chi connectivity index (χ0v) is 9.13. The van der Waals surface area contributed by atoms with Crippen molar-refractivity contribution >= 4 is 11.6 Å². The third-order valence-corrected chi connectivity index (χ3v) is 3.07. The molecular weight excluding hydrogens is 198 g/mol. The zero-order valence-electron chi connectivity index (χ0n) is 8.37. The van der Waals surface area contributed by atoms with Gasteiger partial charge in [-0.1, -0.05) is 23.8 Å². The normalized spacial score (nSPS) is 38.1. The summed E-state index contributed by atoms with van der Waals surface area (Å²) in [6, 6.07) is 0.484. The molecular formula is C11H16ClNO. The molecule has 1 fully saturated rings. The average Bonchev–Trinajstić information content (AvgIpc) is 2.21. The molecule has 2 aliphatic rings. The zero-order chi connectivity index (χ0) is 9.97. The molecule has 1 unspecified atom stereocenters. The minimum absolute atomic E-state index is 0.309. The molecule has 0 bridgehead atoms. The Labute approximate surface area is 90.0 Å². The van der Waals surface area contributed by atoms with Crippen LogP contribution in [0.4, 0.5) is 0 Å². The number of morpholine rings is 1. The van der Waals surface area contributed by atoms with Crippen molar-refractivity contribution in [2.45, 2.75) is 25.5 Å². The summed E-state index contributed by atoms with van der Waals surface area (Å²) >= 11 is 5.86. The van der Waals surface area contributed by atoms with Crippen LogP contribution in [0.1, 0.15) is 13.3 Å². The van der Waals surface area contributed by atoms with Crippen LogP contribution in [-0.2, 0) is 4.74 Å². The molecule has 1 aliphatic heterocycles. The van der Waals surface area contributed by atoms with E-state index in [1.54, 1.807) is 0 Å². The second-order valence-electron chi connectivity index (χ2n) is 4.03. The molecule has 0 aromatic heterocycles. The molecule has 78 valence electrons. The molecule has 0 saturated carbocycles. The number of halogens is 1. The number of hydrogen-bond acceptors (Lipinski definition) is 2. The van der Waals surface area contributed by atoms with Gasteiger partial charge in [0.1, 0.15) is 0 Å². The van der Waals surface area contributed by atoms with E-state index < -0.39 is 0 Å². The summed E-state index contributed by atoms with van der Waals surface area (Å²) in [5.74, 6) is 0.484. The van der Waals surface area contributed by atoms with Gasteiger partial charge in [0.05, 0.1) is 12.7 Å². The smallest absolute Gasteiger partial charge is 0.0765 e.